The van der Waals surface area contributed by atoms with E-state index in [0.29, 0.717) is 102 Å². The predicted molar refractivity (Wildman–Crippen MR) is 481 cm³/mol. The molecule has 0 aromatic heterocycles. The minimum absolute atomic E-state index is 0.274. The third-order valence-corrected chi connectivity index (χ3v) is 75.3. The molecule has 13 fully saturated rings. The highest BCUT2D eigenvalue weighted by Gasteiger charge is 2.81. The van der Waals surface area contributed by atoms with E-state index in [1.165, 1.54) is 0 Å². The first kappa shape index (κ1) is 83.2. The predicted octanol–water partition coefficient (Wildman–Crippen LogP) is 13.7. The second kappa shape index (κ2) is 33.2. The zero-order valence-electron chi connectivity index (χ0n) is 69.5. The van der Waals surface area contributed by atoms with Crippen molar-refractivity contribution in [3.05, 3.63) is 243 Å². The zero-order valence-corrected chi connectivity index (χ0v) is 81.5. The molecule has 9 heterocycles. The summed E-state index contributed by atoms with van der Waals surface area (Å²) >= 11 is 0. The van der Waals surface area contributed by atoms with Crippen molar-refractivity contribution in [2.75, 3.05) is 0 Å². The first-order chi connectivity index (χ1) is 56.9. The lowest BCUT2D eigenvalue weighted by Gasteiger charge is -2.58. The SMILES string of the molecule is C[Si](C)(CCC1CC2CC(C1)O2)O[Si]1(c2ccccc2)O[Si]2(c3ccccc3)O[Si](O[Si](C)(C)CCC3CCC4OC4C3)(c3ccccc3)O[Si](c3ccccc3)(O1)O[Si]1(c3ccccc3)O[Si](O[Si](C)(C)CCC3CCC4OC4C3)(c3ccccc3)O[Si](c3ccccc3)(O[Si](O[Si](C)(C)CCC3CCC4OC4C3)(c3ccccc3)O1)O2. The van der Waals surface area contributed by atoms with Gasteiger partial charge in [0.05, 0.1) is 48.8 Å². The Morgan fingerprint density at radius 1 is 0.229 bits per heavy atom. The van der Waals surface area contributed by atoms with Crippen LogP contribution in [0.25, 0.3) is 0 Å². The minimum Gasteiger partial charge on any atom is -0.413 e. The Kier molecular flexibility index (Phi) is 23.4. The first-order valence-corrected chi connectivity index (χ1v) is 70.0. The summed E-state index contributed by atoms with van der Waals surface area (Å²) in [4.78, 5) is 0. The van der Waals surface area contributed by atoms with Crippen LogP contribution in [0, 0.1) is 23.7 Å². The van der Waals surface area contributed by atoms with Crippen LogP contribution in [0.4, 0.5) is 0 Å². The molecule has 13 unspecified atom stereocenters. The van der Waals surface area contributed by atoms with E-state index in [2.05, 4.69) is 149 Å². The number of hydrogen-bond donors (Lipinski definition) is 0. The van der Waals surface area contributed by atoms with Crippen molar-refractivity contribution in [2.45, 2.75) is 228 Å². The third kappa shape index (κ3) is 17.9. The lowest BCUT2D eigenvalue weighted by atomic mass is 9.79. The van der Waals surface area contributed by atoms with Crippen LogP contribution >= 0.6 is 0 Å². The molecule has 0 N–H and O–H groups in total. The Bertz CT molecular complexity index is 4130. The van der Waals surface area contributed by atoms with Gasteiger partial charge in [-0.25, -0.2) is 0 Å². The second-order valence-corrected chi connectivity index (χ2v) is 78.7. The molecule has 118 heavy (non-hydrogen) atoms. The van der Waals surface area contributed by atoms with Crippen LogP contribution in [0.1, 0.15) is 103 Å². The Morgan fingerprint density at radius 3 is 0.644 bits per heavy atom. The standard InChI is InChI=1S/C88H116O18Si12/c1-107(2,59-55-69-49-52-83-86(65-69)90-83)93-111(75-33-17-9-18-34-75)97-115(79-41-25-13-26-42-79)99-112(76-35-19-10-20-36-76,94-108(3,4)60-56-70-50-53-84-87(66-70)91-84)100-116(98-111,80-43-27-14-28-44-80)106-118(82-47-31-16-32-48-82)102-113(77-37-21-11-22-38-77,95-109(5,6)61-57-71-51-54-85-88(67-71)92-85)101-117(105-115,81-45-29-15-30-46-81)103-114(104-118,78-39-23-12-24-40-78)96-110(7,8)62-58-72-63-73-68-74(64-72)89-73/h9-48,69-74,83-88H,49-68H2,1-8H3. The highest BCUT2D eigenvalue weighted by molar-refractivity contribution is 7.11. The maximum absolute atomic E-state index is 9.41. The molecule has 9 saturated heterocycles. The molecule has 4 aliphatic carbocycles. The molecule has 624 valence electrons. The van der Waals surface area contributed by atoms with Gasteiger partial charge in [0, 0.05) is 41.5 Å². The van der Waals surface area contributed by atoms with E-state index in [1.54, 1.807) is 0 Å². The molecule has 13 atom stereocenters. The highest BCUT2D eigenvalue weighted by atomic mass is 28.6. The molecule has 0 amide bonds. The molecule has 4 saturated carbocycles. The first-order valence-electron chi connectivity index (χ1n) is 43.8. The maximum atomic E-state index is 9.41. The van der Waals surface area contributed by atoms with Gasteiger partial charge in [0.1, 0.15) is 0 Å². The van der Waals surface area contributed by atoms with Gasteiger partial charge in [-0.2, -0.15) is 0 Å². The van der Waals surface area contributed by atoms with Gasteiger partial charge in [-0.15, -0.1) is 0 Å². The largest absolute Gasteiger partial charge is 0.515 e. The third-order valence-electron chi connectivity index (χ3n) is 26.4. The molecule has 8 aromatic carbocycles. The van der Waals surface area contributed by atoms with E-state index in [-0.39, 0.29) is 12.2 Å². The zero-order chi connectivity index (χ0) is 80.7. The van der Waals surface area contributed by atoms with Crippen LogP contribution in [-0.2, 0) is 76.6 Å². The monoisotopic (exact) mass is 1800 g/mol. The lowest BCUT2D eigenvalue weighted by molar-refractivity contribution is -0.173. The fourth-order valence-electron chi connectivity index (χ4n) is 19.9. The van der Waals surface area contributed by atoms with E-state index in [0.717, 1.165) is 127 Å². The summed E-state index contributed by atoms with van der Waals surface area (Å²) in [6, 6.07) is 85.2. The van der Waals surface area contributed by atoms with Crippen molar-refractivity contribution in [3.8, 4) is 0 Å². The summed E-state index contributed by atoms with van der Waals surface area (Å²) in [5.74, 6) is 1.74. The molecule has 13 aliphatic rings. The van der Waals surface area contributed by atoms with E-state index >= 15 is 0 Å². The average molecular weight is 1800 g/mol. The number of epoxide rings is 3. The molecule has 0 radical (unpaired) electrons. The highest BCUT2D eigenvalue weighted by Crippen LogP contribution is 2.50. The quantitative estimate of drug-likeness (QED) is 0.0334. The summed E-state index contributed by atoms with van der Waals surface area (Å²) < 4.78 is 153. The van der Waals surface area contributed by atoms with Crippen molar-refractivity contribution in [3.63, 3.8) is 0 Å². The topological polar surface area (TPSA) is 176 Å². The van der Waals surface area contributed by atoms with Crippen molar-refractivity contribution in [1.29, 1.82) is 0 Å². The molecule has 9 aliphatic heterocycles. The number of benzene rings is 8. The Hall–Kier alpha value is -4.36. The average Bonchev–Trinajstić information content (AvgIpc) is 0.884. The van der Waals surface area contributed by atoms with Gasteiger partial charge in [0.2, 0.25) is 0 Å². The fraction of sp³-hybridized carbons (Fsp3) is 0.455. The van der Waals surface area contributed by atoms with Crippen molar-refractivity contribution in [1.82, 2.24) is 0 Å². The summed E-state index contributed by atoms with van der Waals surface area (Å²) in [5.41, 5.74) is 0. The Balaban J connectivity index is 0.931. The van der Waals surface area contributed by atoms with Crippen LogP contribution < -0.4 is 41.5 Å². The van der Waals surface area contributed by atoms with Crippen molar-refractivity contribution < 1.29 is 76.6 Å². The summed E-state index contributed by atoms with van der Waals surface area (Å²) in [6.45, 7) is 18.5. The number of fused-ring (bicyclic) bond motifs is 9. The normalized spacial score (nSPS) is 36.3. The summed E-state index contributed by atoms with van der Waals surface area (Å²) in [5, 5.41) is 4.83. The van der Waals surface area contributed by atoms with Gasteiger partial charge in [-0.1, -0.05) is 268 Å². The lowest BCUT2D eigenvalue weighted by Crippen LogP contribution is -2.91. The van der Waals surface area contributed by atoms with Crippen LogP contribution in [0.5, 0.6) is 0 Å². The number of ether oxygens (including phenoxy) is 4. The maximum Gasteiger partial charge on any atom is 0.515 e. The Labute approximate surface area is 710 Å². The Morgan fingerprint density at radius 2 is 0.432 bits per heavy atom. The summed E-state index contributed by atoms with van der Waals surface area (Å²) in [6.07, 6.45) is 18.8. The molecule has 6 bridgehead atoms. The van der Waals surface area contributed by atoms with Crippen molar-refractivity contribution in [2.24, 2.45) is 23.7 Å². The molecule has 8 aromatic rings. The molecule has 18 nitrogen and oxygen atoms in total. The van der Waals surface area contributed by atoms with E-state index < -0.39 is 104 Å². The fourth-order valence-corrected chi connectivity index (χ4v) is 80.8. The minimum atomic E-state index is -5.48. The number of rotatable bonds is 28. The molecule has 21 rings (SSSR count). The van der Waals surface area contributed by atoms with Crippen LogP contribution in [0.3, 0.4) is 0 Å². The molecule has 0 spiro atoms. The van der Waals surface area contributed by atoms with E-state index in [9.17, 15) is 41.2 Å². The van der Waals surface area contributed by atoms with Gasteiger partial charge in [-0.3, -0.25) is 0 Å². The molecular weight excluding hydrogens is 1680 g/mol. The van der Waals surface area contributed by atoms with Gasteiger partial charge in [0.25, 0.3) is 0 Å². The van der Waals surface area contributed by atoms with Crippen LogP contribution in [0.15, 0.2) is 243 Å². The van der Waals surface area contributed by atoms with Crippen LogP contribution in [0.2, 0.25) is 76.6 Å². The van der Waals surface area contributed by atoms with Gasteiger partial charge < -0.3 is 76.6 Å². The second-order valence-electron chi connectivity index (χ2n) is 37.6. The molecule has 30 heteroatoms. The van der Waals surface area contributed by atoms with Crippen LogP contribution in [-0.4, -0.2) is 153 Å². The molecular formula is C88H116O18Si12. The van der Waals surface area contributed by atoms with E-state index in [1.807, 2.05) is 146 Å². The number of hydrogen-bond acceptors (Lipinski definition) is 18. The summed E-state index contributed by atoms with van der Waals surface area (Å²) in [7, 11) is -55.0. The van der Waals surface area contributed by atoms with Gasteiger partial charge >= 0.3 is 70.4 Å². The van der Waals surface area contributed by atoms with Crippen molar-refractivity contribution >= 4 is 145 Å². The smallest absolute Gasteiger partial charge is 0.413 e. The van der Waals surface area contributed by atoms with Gasteiger partial charge in [0.15, 0.2) is 33.3 Å². The van der Waals surface area contributed by atoms with E-state index in [4.69, 9.17) is 35.4 Å². The van der Waals surface area contributed by atoms with Gasteiger partial charge in [-0.05, 0) is 177 Å².